The summed E-state index contributed by atoms with van der Waals surface area (Å²) < 4.78 is 10.1. The summed E-state index contributed by atoms with van der Waals surface area (Å²) in [6.07, 6.45) is 0.609. The molecule has 1 rings (SSSR count). The molecule has 0 saturated heterocycles. The number of nitrogens with one attached hydrogen (secondary N) is 2. The maximum atomic E-state index is 11.4. The van der Waals surface area contributed by atoms with Crippen molar-refractivity contribution < 1.29 is 14.3 Å². The highest BCUT2D eigenvalue weighted by Gasteiger charge is 2.03. The fourth-order valence-corrected chi connectivity index (χ4v) is 1.37. The van der Waals surface area contributed by atoms with E-state index in [1.54, 1.807) is 25.3 Å². The molecule has 0 aliphatic carbocycles. The van der Waals surface area contributed by atoms with Crippen LogP contribution in [0.4, 0.5) is 10.5 Å². The lowest BCUT2D eigenvalue weighted by Crippen LogP contribution is -2.23. The van der Waals surface area contributed by atoms with E-state index in [0.29, 0.717) is 24.6 Å². The molecule has 0 bridgehead atoms. The highest BCUT2D eigenvalue weighted by molar-refractivity contribution is 5.84. The van der Waals surface area contributed by atoms with Crippen LogP contribution in [-0.4, -0.2) is 32.9 Å². The average molecular weight is 252 g/mol. The summed E-state index contributed by atoms with van der Waals surface area (Å²) in [7, 11) is 1.58. The number of benzene rings is 1. The molecule has 0 spiro atoms. The first-order valence-electron chi connectivity index (χ1n) is 6.04. The summed E-state index contributed by atoms with van der Waals surface area (Å²) in [6, 6.07) is 7.12. The molecule has 2 N–H and O–H groups in total. The number of amides is 1. The maximum Gasteiger partial charge on any atom is 0.411 e. The third-order valence-electron chi connectivity index (χ3n) is 2.25. The van der Waals surface area contributed by atoms with Crippen LogP contribution in [0.15, 0.2) is 24.3 Å². The second-order valence-electron chi connectivity index (χ2n) is 3.74. The largest absolute Gasteiger partial charge is 0.497 e. The lowest BCUT2D eigenvalue weighted by atomic mass is 10.3. The molecule has 0 unspecified atom stereocenters. The molecule has 0 saturated carbocycles. The fourth-order valence-electron chi connectivity index (χ4n) is 1.37. The number of carbonyl (C=O) groups is 1. The summed E-state index contributed by atoms with van der Waals surface area (Å²) in [5, 5.41) is 5.79. The van der Waals surface area contributed by atoms with Crippen molar-refractivity contribution in [3.05, 3.63) is 24.3 Å². The molecule has 1 amide bonds. The van der Waals surface area contributed by atoms with Crippen LogP contribution in [0, 0.1) is 0 Å². The van der Waals surface area contributed by atoms with Gasteiger partial charge in [-0.3, -0.25) is 5.32 Å². The van der Waals surface area contributed by atoms with E-state index in [1.165, 1.54) is 0 Å². The topological polar surface area (TPSA) is 59.6 Å². The van der Waals surface area contributed by atoms with Gasteiger partial charge in [0.25, 0.3) is 0 Å². The number of anilines is 1. The third-order valence-corrected chi connectivity index (χ3v) is 2.25. The van der Waals surface area contributed by atoms with Gasteiger partial charge in [-0.05, 0) is 25.1 Å². The van der Waals surface area contributed by atoms with Gasteiger partial charge in [-0.25, -0.2) is 4.79 Å². The van der Waals surface area contributed by atoms with Crippen LogP contribution in [0.5, 0.6) is 5.75 Å². The summed E-state index contributed by atoms with van der Waals surface area (Å²) in [4.78, 5) is 11.4. The Morgan fingerprint density at radius 3 is 2.89 bits per heavy atom. The highest BCUT2D eigenvalue weighted by Crippen LogP contribution is 2.16. The zero-order valence-corrected chi connectivity index (χ0v) is 10.9. The summed E-state index contributed by atoms with van der Waals surface area (Å²) >= 11 is 0. The van der Waals surface area contributed by atoms with Crippen LogP contribution >= 0.6 is 0 Å². The molecule has 5 nitrogen and oxygen atoms in total. The van der Waals surface area contributed by atoms with Gasteiger partial charge in [0.1, 0.15) is 12.4 Å². The molecule has 0 heterocycles. The van der Waals surface area contributed by atoms with Gasteiger partial charge in [0.05, 0.1) is 7.11 Å². The average Bonchev–Trinajstić information content (AvgIpc) is 2.38. The van der Waals surface area contributed by atoms with Crippen molar-refractivity contribution in [3.8, 4) is 5.75 Å². The standard InChI is InChI=1S/C13H20N2O3/c1-3-7-14-8-9-18-13(16)15-11-5-4-6-12(10-11)17-2/h4-6,10,14H,3,7-9H2,1-2H3,(H,15,16). The molecule has 0 aliphatic heterocycles. The molecule has 1 aromatic carbocycles. The van der Waals surface area contributed by atoms with E-state index in [2.05, 4.69) is 17.6 Å². The normalized spacial score (nSPS) is 9.89. The minimum absolute atomic E-state index is 0.357. The van der Waals surface area contributed by atoms with Crippen LogP contribution in [0.2, 0.25) is 0 Å². The lowest BCUT2D eigenvalue weighted by molar-refractivity contribution is 0.162. The maximum absolute atomic E-state index is 11.4. The van der Waals surface area contributed by atoms with E-state index in [4.69, 9.17) is 9.47 Å². The number of rotatable bonds is 7. The first kappa shape index (κ1) is 14.3. The Bertz CT molecular complexity index is 369. The van der Waals surface area contributed by atoms with E-state index >= 15 is 0 Å². The first-order valence-corrected chi connectivity index (χ1v) is 6.04. The fraction of sp³-hybridized carbons (Fsp3) is 0.462. The van der Waals surface area contributed by atoms with Crippen LogP contribution in [0.1, 0.15) is 13.3 Å². The summed E-state index contributed by atoms with van der Waals surface area (Å²) in [5.41, 5.74) is 0.654. The Labute approximate surface area is 107 Å². The van der Waals surface area contributed by atoms with Gasteiger partial charge in [0.2, 0.25) is 0 Å². The van der Waals surface area contributed by atoms with E-state index in [0.717, 1.165) is 13.0 Å². The lowest BCUT2D eigenvalue weighted by Gasteiger charge is -2.08. The SMILES string of the molecule is CCCNCCOC(=O)Nc1cccc(OC)c1. The zero-order chi connectivity index (χ0) is 13.2. The van der Waals surface area contributed by atoms with Gasteiger partial charge in [-0.2, -0.15) is 0 Å². The van der Waals surface area contributed by atoms with Gasteiger partial charge < -0.3 is 14.8 Å². The number of carbonyl (C=O) groups excluding carboxylic acids is 1. The monoisotopic (exact) mass is 252 g/mol. The summed E-state index contributed by atoms with van der Waals surface area (Å²) in [6.45, 7) is 4.04. The Hall–Kier alpha value is -1.75. The zero-order valence-electron chi connectivity index (χ0n) is 10.9. The molecule has 0 radical (unpaired) electrons. The molecule has 0 fully saturated rings. The Kier molecular flexibility index (Phi) is 6.64. The highest BCUT2D eigenvalue weighted by atomic mass is 16.5. The van der Waals surface area contributed by atoms with Crippen LogP contribution in [-0.2, 0) is 4.74 Å². The molecule has 100 valence electrons. The third kappa shape index (κ3) is 5.54. The number of hydrogen-bond acceptors (Lipinski definition) is 4. The van der Waals surface area contributed by atoms with Gasteiger partial charge in [-0.1, -0.05) is 13.0 Å². The molecule has 5 heteroatoms. The van der Waals surface area contributed by atoms with Crippen molar-refractivity contribution >= 4 is 11.8 Å². The quantitative estimate of drug-likeness (QED) is 0.731. The van der Waals surface area contributed by atoms with Gasteiger partial charge in [-0.15, -0.1) is 0 Å². The summed E-state index contributed by atoms with van der Waals surface area (Å²) in [5.74, 6) is 0.692. The van der Waals surface area contributed by atoms with Gasteiger partial charge in [0.15, 0.2) is 0 Å². The van der Waals surface area contributed by atoms with Crippen molar-refractivity contribution in [3.63, 3.8) is 0 Å². The predicted molar refractivity (Wildman–Crippen MR) is 71.1 cm³/mol. The van der Waals surface area contributed by atoms with Gasteiger partial charge >= 0.3 is 6.09 Å². The molecular formula is C13H20N2O3. The van der Waals surface area contributed by atoms with Crippen molar-refractivity contribution in [1.82, 2.24) is 5.32 Å². The van der Waals surface area contributed by atoms with Crippen molar-refractivity contribution in [2.75, 3.05) is 32.1 Å². The van der Waals surface area contributed by atoms with Crippen molar-refractivity contribution in [2.45, 2.75) is 13.3 Å². The molecule has 0 aromatic heterocycles. The smallest absolute Gasteiger partial charge is 0.411 e. The number of methoxy groups -OCH3 is 1. The molecular weight excluding hydrogens is 232 g/mol. The first-order chi connectivity index (χ1) is 8.76. The van der Waals surface area contributed by atoms with Crippen molar-refractivity contribution in [1.29, 1.82) is 0 Å². The second-order valence-corrected chi connectivity index (χ2v) is 3.74. The van der Waals surface area contributed by atoms with E-state index in [-0.39, 0.29) is 0 Å². The molecule has 0 aliphatic rings. The Balaban J connectivity index is 2.26. The number of hydrogen-bond donors (Lipinski definition) is 2. The Morgan fingerprint density at radius 1 is 1.33 bits per heavy atom. The molecule has 1 aromatic rings. The van der Waals surface area contributed by atoms with Gasteiger partial charge in [0, 0.05) is 18.3 Å². The molecule has 0 atom stereocenters. The predicted octanol–water partition coefficient (Wildman–Crippen LogP) is 2.24. The minimum atomic E-state index is -0.457. The van der Waals surface area contributed by atoms with Crippen LogP contribution in [0.25, 0.3) is 0 Å². The molecule has 18 heavy (non-hydrogen) atoms. The van der Waals surface area contributed by atoms with E-state index in [9.17, 15) is 4.79 Å². The Morgan fingerprint density at radius 2 is 2.17 bits per heavy atom. The second kappa shape index (κ2) is 8.36. The minimum Gasteiger partial charge on any atom is -0.497 e. The number of ether oxygens (including phenoxy) is 2. The van der Waals surface area contributed by atoms with Crippen molar-refractivity contribution in [2.24, 2.45) is 0 Å². The van der Waals surface area contributed by atoms with E-state index in [1.807, 2.05) is 6.07 Å². The van der Waals surface area contributed by atoms with Crippen LogP contribution in [0.3, 0.4) is 0 Å². The van der Waals surface area contributed by atoms with E-state index < -0.39 is 6.09 Å². The van der Waals surface area contributed by atoms with Crippen LogP contribution < -0.4 is 15.4 Å².